The van der Waals surface area contributed by atoms with Crippen LogP contribution >= 0.6 is 0 Å². The van der Waals surface area contributed by atoms with E-state index in [1.54, 1.807) is 0 Å². The van der Waals surface area contributed by atoms with Crippen LogP contribution in [-0.4, -0.2) is 49.1 Å². The lowest BCUT2D eigenvalue weighted by molar-refractivity contribution is 0.0591. The van der Waals surface area contributed by atoms with Crippen molar-refractivity contribution in [3.05, 3.63) is 12.2 Å². The molecule has 0 aromatic rings. The molecule has 0 amide bonds. The van der Waals surface area contributed by atoms with Crippen LogP contribution in [0.3, 0.4) is 0 Å². The van der Waals surface area contributed by atoms with Gasteiger partial charge in [0.15, 0.2) is 0 Å². The molecular formula is C9H16N2. The lowest BCUT2D eigenvalue weighted by Gasteiger charge is -2.44. The van der Waals surface area contributed by atoms with E-state index in [-0.39, 0.29) is 0 Å². The summed E-state index contributed by atoms with van der Waals surface area (Å²) < 4.78 is 0. The average Bonchev–Trinajstić information content (AvgIpc) is 2.01. The second kappa shape index (κ2) is 2.95. The van der Waals surface area contributed by atoms with Crippen LogP contribution in [0, 0.1) is 0 Å². The molecule has 0 aromatic heterocycles. The number of nitrogens with zero attached hydrogens (tertiary/aromatic N) is 2. The van der Waals surface area contributed by atoms with Crippen molar-refractivity contribution in [3.8, 4) is 0 Å². The van der Waals surface area contributed by atoms with E-state index in [1.165, 1.54) is 32.6 Å². The summed E-state index contributed by atoms with van der Waals surface area (Å²) >= 11 is 0. The summed E-state index contributed by atoms with van der Waals surface area (Å²) in [5.41, 5.74) is 0. The zero-order chi connectivity index (χ0) is 7.68. The zero-order valence-corrected chi connectivity index (χ0v) is 7.16. The molecule has 2 aliphatic heterocycles. The fraction of sp³-hybridized carbons (Fsp3) is 0.778. The van der Waals surface area contributed by atoms with Crippen LogP contribution in [0.2, 0.25) is 0 Å². The first kappa shape index (κ1) is 7.32. The number of hydrogen-bond acceptors (Lipinski definition) is 2. The Kier molecular flexibility index (Phi) is 1.96. The van der Waals surface area contributed by atoms with E-state index in [4.69, 9.17) is 0 Å². The van der Waals surface area contributed by atoms with Crippen molar-refractivity contribution in [1.82, 2.24) is 9.80 Å². The van der Waals surface area contributed by atoms with Crippen molar-refractivity contribution in [2.75, 3.05) is 33.2 Å². The summed E-state index contributed by atoms with van der Waals surface area (Å²) in [7, 11) is 2.19. The highest BCUT2D eigenvalue weighted by atomic mass is 15.3. The molecule has 2 heteroatoms. The van der Waals surface area contributed by atoms with Gasteiger partial charge in [-0.3, -0.25) is 4.90 Å². The molecule has 0 radical (unpaired) electrons. The summed E-state index contributed by atoms with van der Waals surface area (Å²) in [5.74, 6) is 0. The minimum atomic E-state index is 0.852. The number of likely N-dealkylation sites (N-methyl/N-ethyl adjacent to an activating group) is 1. The predicted molar refractivity (Wildman–Crippen MR) is 46.6 cm³/mol. The topological polar surface area (TPSA) is 6.48 Å². The van der Waals surface area contributed by atoms with Gasteiger partial charge in [-0.1, -0.05) is 12.2 Å². The van der Waals surface area contributed by atoms with Crippen molar-refractivity contribution >= 4 is 0 Å². The molecule has 2 rings (SSSR count). The maximum Gasteiger partial charge on any atom is 0.0353 e. The van der Waals surface area contributed by atoms with Gasteiger partial charge in [-0.2, -0.15) is 0 Å². The van der Waals surface area contributed by atoms with Gasteiger partial charge in [0.1, 0.15) is 0 Å². The highest BCUT2D eigenvalue weighted by Crippen LogP contribution is 2.14. The third kappa shape index (κ3) is 1.47. The van der Waals surface area contributed by atoms with Crippen molar-refractivity contribution in [2.45, 2.75) is 12.5 Å². The predicted octanol–water partition coefficient (Wildman–Crippen LogP) is 0.562. The maximum absolute atomic E-state index is 2.58. The van der Waals surface area contributed by atoms with E-state index >= 15 is 0 Å². The van der Waals surface area contributed by atoms with Gasteiger partial charge in [0.05, 0.1) is 0 Å². The van der Waals surface area contributed by atoms with Crippen molar-refractivity contribution in [1.29, 1.82) is 0 Å². The number of hydrogen-bond donors (Lipinski definition) is 0. The van der Waals surface area contributed by atoms with E-state index in [2.05, 4.69) is 29.0 Å². The standard InChI is InChI=1S/C9H16N2/c1-10-7-9(8-10)11-5-3-2-4-6-11/h2-3,9H,4-8H2,1H3. The Morgan fingerprint density at radius 3 is 2.64 bits per heavy atom. The zero-order valence-electron chi connectivity index (χ0n) is 7.16. The summed E-state index contributed by atoms with van der Waals surface area (Å²) in [5, 5.41) is 0. The van der Waals surface area contributed by atoms with Gasteiger partial charge in [0.2, 0.25) is 0 Å². The molecule has 1 fully saturated rings. The summed E-state index contributed by atoms with van der Waals surface area (Å²) in [6, 6.07) is 0.852. The van der Waals surface area contributed by atoms with E-state index < -0.39 is 0 Å². The first-order chi connectivity index (χ1) is 5.36. The second-order valence-electron chi connectivity index (χ2n) is 3.63. The molecule has 0 aliphatic carbocycles. The molecule has 0 spiro atoms. The van der Waals surface area contributed by atoms with Crippen LogP contribution in [0.25, 0.3) is 0 Å². The molecular weight excluding hydrogens is 136 g/mol. The molecule has 62 valence electrons. The van der Waals surface area contributed by atoms with Gasteiger partial charge < -0.3 is 4.90 Å². The maximum atomic E-state index is 2.58. The Morgan fingerprint density at radius 1 is 1.27 bits per heavy atom. The minimum absolute atomic E-state index is 0.852. The van der Waals surface area contributed by atoms with E-state index in [0.717, 1.165) is 6.04 Å². The lowest BCUT2D eigenvalue weighted by atomic mass is 10.1. The average molecular weight is 152 g/mol. The number of likely N-dealkylation sites (tertiary alicyclic amines) is 1. The minimum Gasteiger partial charge on any atom is -0.303 e. The molecule has 0 N–H and O–H groups in total. The molecule has 0 saturated carbocycles. The lowest BCUT2D eigenvalue weighted by Crippen LogP contribution is -2.58. The molecule has 2 heterocycles. The Bertz CT molecular complexity index is 159. The first-order valence-corrected chi connectivity index (χ1v) is 4.44. The Hall–Kier alpha value is -0.340. The fourth-order valence-electron chi connectivity index (χ4n) is 1.89. The van der Waals surface area contributed by atoms with E-state index in [1.807, 2.05) is 0 Å². The summed E-state index contributed by atoms with van der Waals surface area (Å²) in [6.45, 7) is 5.00. The fourth-order valence-corrected chi connectivity index (χ4v) is 1.89. The Labute approximate surface area is 68.5 Å². The molecule has 0 aromatic carbocycles. The summed E-state index contributed by atoms with van der Waals surface area (Å²) in [4.78, 5) is 4.96. The second-order valence-corrected chi connectivity index (χ2v) is 3.63. The third-order valence-electron chi connectivity index (χ3n) is 2.65. The van der Waals surface area contributed by atoms with Crippen LogP contribution in [-0.2, 0) is 0 Å². The summed E-state index contributed by atoms with van der Waals surface area (Å²) in [6.07, 6.45) is 5.83. The third-order valence-corrected chi connectivity index (χ3v) is 2.65. The van der Waals surface area contributed by atoms with Gasteiger partial charge in [-0.05, 0) is 13.5 Å². The Morgan fingerprint density at radius 2 is 2.09 bits per heavy atom. The van der Waals surface area contributed by atoms with Crippen molar-refractivity contribution in [3.63, 3.8) is 0 Å². The monoisotopic (exact) mass is 152 g/mol. The smallest absolute Gasteiger partial charge is 0.0353 e. The number of rotatable bonds is 1. The van der Waals surface area contributed by atoms with Gasteiger partial charge >= 0.3 is 0 Å². The highest BCUT2D eigenvalue weighted by molar-refractivity contribution is 4.96. The van der Waals surface area contributed by atoms with Crippen LogP contribution in [0.15, 0.2) is 12.2 Å². The van der Waals surface area contributed by atoms with Gasteiger partial charge in [-0.25, -0.2) is 0 Å². The Balaban J connectivity index is 1.82. The normalized spacial score (nSPS) is 28.8. The molecule has 2 nitrogen and oxygen atoms in total. The molecule has 1 saturated heterocycles. The molecule has 11 heavy (non-hydrogen) atoms. The quantitative estimate of drug-likeness (QED) is 0.507. The van der Waals surface area contributed by atoms with Crippen LogP contribution < -0.4 is 0 Å². The molecule has 2 aliphatic rings. The first-order valence-electron chi connectivity index (χ1n) is 4.44. The molecule has 0 bridgehead atoms. The molecule has 0 atom stereocenters. The largest absolute Gasteiger partial charge is 0.303 e. The molecule has 0 unspecified atom stereocenters. The van der Waals surface area contributed by atoms with Crippen LogP contribution in [0.1, 0.15) is 6.42 Å². The van der Waals surface area contributed by atoms with Crippen LogP contribution in [0.4, 0.5) is 0 Å². The van der Waals surface area contributed by atoms with Crippen molar-refractivity contribution < 1.29 is 0 Å². The van der Waals surface area contributed by atoms with E-state index in [0.29, 0.717) is 0 Å². The van der Waals surface area contributed by atoms with Crippen LogP contribution in [0.5, 0.6) is 0 Å². The van der Waals surface area contributed by atoms with E-state index in [9.17, 15) is 0 Å². The SMILES string of the molecule is CN1CC(N2CC=CCC2)C1. The van der Waals surface area contributed by atoms with Gasteiger partial charge in [0.25, 0.3) is 0 Å². The highest BCUT2D eigenvalue weighted by Gasteiger charge is 2.28. The van der Waals surface area contributed by atoms with Gasteiger partial charge in [-0.15, -0.1) is 0 Å². The van der Waals surface area contributed by atoms with Gasteiger partial charge in [0, 0.05) is 32.2 Å². The van der Waals surface area contributed by atoms with Crippen molar-refractivity contribution in [2.24, 2.45) is 0 Å².